The van der Waals surface area contributed by atoms with E-state index in [-0.39, 0.29) is 11.4 Å². The van der Waals surface area contributed by atoms with Crippen LogP contribution in [-0.2, 0) is 11.0 Å². The highest BCUT2D eigenvalue weighted by Gasteiger charge is 2.30. The molecule has 0 unspecified atom stereocenters. The summed E-state index contributed by atoms with van der Waals surface area (Å²) in [6.07, 6.45) is -4.48. The van der Waals surface area contributed by atoms with Gasteiger partial charge in [-0.1, -0.05) is 17.8 Å². The van der Waals surface area contributed by atoms with E-state index in [9.17, 15) is 18.0 Å². The highest BCUT2D eigenvalue weighted by Crippen LogP contribution is 2.31. The second-order valence-corrected chi connectivity index (χ2v) is 7.74. The zero-order chi connectivity index (χ0) is 22.2. The Hall–Kier alpha value is -3.27. The molecule has 31 heavy (non-hydrogen) atoms. The van der Waals surface area contributed by atoms with Crippen LogP contribution in [0.25, 0.3) is 16.6 Å². The third-order valence-corrected chi connectivity index (χ3v) is 5.61. The summed E-state index contributed by atoms with van der Waals surface area (Å²) in [4.78, 5) is 12.3. The van der Waals surface area contributed by atoms with Crippen LogP contribution in [0.15, 0.2) is 53.7 Å². The van der Waals surface area contributed by atoms with Gasteiger partial charge in [0.25, 0.3) is 0 Å². The largest absolute Gasteiger partial charge is 0.497 e. The molecule has 0 bridgehead atoms. The number of carbonyl (C=O) groups is 1. The number of amides is 1. The first-order chi connectivity index (χ1) is 14.8. The standard InChI is InChI=1S/C21H17F3N4O2S/c1-12-8-18-26-27-20(28(18)17-10-15(30-2)6-7-16(12)17)31-11-19(29)25-14-5-3-4-13(9-14)21(22,23)24/h3-10H,11H2,1-2H3,(H,25,29). The number of hydrogen-bond acceptors (Lipinski definition) is 5. The van der Waals surface area contributed by atoms with Crippen molar-refractivity contribution in [1.29, 1.82) is 0 Å². The van der Waals surface area contributed by atoms with Gasteiger partial charge in [-0.2, -0.15) is 13.2 Å². The van der Waals surface area contributed by atoms with Crippen molar-refractivity contribution in [2.45, 2.75) is 18.3 Å². The van der Waals surface area contributed by atoms with Gasteiger partial charge in [-0.15, -0.1) is 10.2 Å². The average Bonchev–Trinajstić information content (AvgIpc) is 3.14. The summed E-state index contributed by atoms with van der Waals surface area (Å²) >= 11 is 1.14. The number of nitrogens with one attached hydrogen (secondary N) is 1. The Balaban J connectivity index is 1.57. The molecule has 1 N–H and O–H groups in total. The lowest BCUT2D eigenvalue weighted by molar-refractivity contribution is -0.137. The lowest BCUT2D eigenvalue weighted by atomic mass is 10.1. The minimum absolute atomic E-state index is 0.0453. The van der Waals surface area contributed by atoms with Crippen molar-refractivity contribution >= 4 is 39.9 Å². The Kier molecular flexibility index (Phi) is 5.48. The van der Waals surface area contributed by atoms with Crippen LogP contribution in [0.3, 0.4) is 0 Å². The molecule has 0 aliphatic heterocycles. The molecule has 0 spiro atoms. The number of hydrogen-bond donors (Lipinski definition) is 1. The van der Waals surface area contributed by atoms with Crippen LogP contribution >= 0.6 is 11.8 Å². The minimum Gasteiger partial charge on any atom is -0.497 e. The van der Waals surface area contributed by atoms with E-state index in [0.29, 0.717) is 16.6 Å². The van der Waals surface area contributed by atoms with Crippen LogP contribution in [0.2, 0.25) is 0 Å². The number of aryl methyl sites for hydroxylation is 1. The maximum absolute atomic E-state index is 12.9. The molecule has 0 aliphatic rings. The summed E-state index contributed by atoms with van der Waals surface area (Å²) in [7, 11) is 1.58. The maximum atomic E-state index is 12.9. The molecule has 0 atom stereocenters. The number of halogens is 3. The SMILES string of the molecule is COc1ccc2c(C)cc3nnc(SCC(=O)Nc4cccc(C(F)(F)F)c4)n3c2c1. The van der Waals surface area contributed by atoms with Crippen molar-refractivity contribution < 1.29 is 22.7 Å². The zero-order valence-electron chi connectivity index (χ0n) is 16.5. The quantitative estimate of drug-likeness (QED) is 0.440. The molecule has 0 saturated heterocycles. The number of benzene rings is 2. The number of rotatable bonds is 5. The van der Waals surface area contributed by atoms with Crippen molar-refractivity contribution in [2.24, 2.45) is 0 Å². The molecule has 0 fully saturated rings. The number of pyridine rings is 1. The lowest BCUT2D eigenvalue weighted by Crippen LogP contribution is -2.15. The Bertz CT molecular complexity index is 1290. The second-order valence-electron chi connectivity index (χ2n) is 6.80. The van der Waals surface area contributed by atoms with Crippen molar-refractivity contribution in [3.8, 4) is 5.75 Å². The summed E-state index contributed by atoms with van der Waals surface area (Å²) in [5.74, 6) is 0.178. The van der Waals surface area contributed by atoms with Crippen LogP contribution in [0, 0.1) is 6.92 Å². The first kappa shape index (κ1) is 21.0. The third kappa shape index (κ3) is 4.29. The van der Waals surface area contributed by atoms with Crippen LogP contribution in [0.4, 0.5) is 18.9 Å². The number of anilines is 1. The Morgan fingerprint density at radius 2 is 1.97 bits per heavy atom. The Morgan fingerprint density at radius 1 is 1.16 bits per heavy atom. The molecule has 2 aromatic heterocycles. The topological polar surface area (TPSA) is 68.5 Å². The minimum atomic E-state index is -4.48. The molecular formula is C21H17F3N4O2S. The first-order valence-corrected chi connectivity index (χ1v) is 10.2. The number of alkyl halides is 3. The Labute approximate surface area is 179 Å². The monoisotopic (exact) mass is 446 g/mol. The third-order valence-electron chi connectivity index (χ3n) is 4.68. The molecule has 10 heteroatoms. The van der Waals surface area contributed by atoms with E-state index < -0.39 is 17.6 Å². The van der Waals surface area contributed by atoms with Gasteiger partial charge in [0, 0.05) is 17.1 Å². The van der Waals surface area contributed by atoms with Crippen LogP contribution in [-0.4, -0.2) is 33.4 Å². The van der Waals surface area contributed by atoms with E-state index in [2.05, 4.69) is 15.5 Å². The van der Waals surface area contributed by atoms with E-state index in [0.717, 1.165) is 40.4 Å². The summed E-state index contributed by atoms with van der Waals surface area (Å²) in [5, 5.41) is 12.3. The molecule has 4 rings (SSSR count). The molecular weight excluding hydrogens is 429 g/mol. The van der Waals surface area contributed by atoms with E-state index in [4.69, 9.17) is 4.74 Å². The fourth-order valence-electron chi connectivity index (χ4n) is 3.22. The van der Waals surface area contributed by atoms with Gasteiger partial charge in [-0.25, -0.2) is 0 Å². The summed E-state index contributed by atoms with van der Waals surface area (Å²) in [6, 6.07) is 12.1. The maximum Gasteiger partial charge on any atom is 0.416 e. The van der Waals surface area contributed by atoms with Gasteiger partial charge in [-0.3, -0.25) is 9.20 Å². The average molecular weight is 446 g/mol. The highest BCUT2D eigenvalue weighted by atomic mass is 32.2. The normalized spacial score (nSPS) is 11.8. The molecule has 4 aromatic rings. The highest BCUT2D eigenvalue weighted by molar-refractivity contribution is 7.99. The van der Waals surface area contributed by atoms with Crippen LogP contribution in [0.1, 0.15) is 11.1 Å². The molecule has 0 radical (unpaired) electrons. The number of carbonyl (C=O) groups excluding carboxylic acids is 1. The van der Waals surface area contributed by atoms with E-state index >= 15 is 0 Å². The first-order valence-electron chi connectivity index (χ1n) is 9.18. The fraction of sp³-hybridized carbons (Fsp3) is 0.190. The molecule has 1 amide bonds. The number of aromatic nitrogens is 3. The molecule has 6 nitrogen and oxygen atoms in total. The Morgan fingerprint density at radius 3 is 2.71 bits per heavy atom. The predicted octanol–water partition coefficient (Wildman–Crippen LogP) is 4.95. The summed E-state index contributed by atoms with van der Waals surface area (Å²) in [6.45, 7) is 1.97. The number of nitrogens with zero attached hydrogens (tertiary/aromatic N) is 3. The number of thioether (sulfide) groups is 1. The van der Waals surface area contributed by atoms with Gasteiger partial charge in [0.1, 0.15) is 5.75 Å². The van der Waals surface area contributed by atoms with Crippen LogP contribution in [0.5, 0.6) is 5.75 Å². The van der Waals surface area contributed by atoms with Gasteiger partial charge in [-0.05, 0) is 48.9 Å². The van der Waals surface area contributed by atoms with Gasteiger partial charge >= 0.3 is 6.18 Å². The van der Waals surface area contributed by atoms with Gasteiger partial charge in [0.05, 0.1) is 23.9 Å². The van der Waals surface area contributed by atoms with Gasteiger partial charge in [0.2, 0.25) is 5.91 Å². The summed E-state index contributed by atoms with van der Waals surface area (Å²) < 4.78 is 45.7. The van der Waals surface area contributed by atoms with Crippen molar-refractivity contribution in [3.63, 3.8) is 0 Å². The van der Waals surface area contributed by atoms with E-state index in [1.807, 2.05) is 35.6 Å². The van der Waals surface area contributed by atoms with Crippen LogP contribution < -0.4 is 10.1 Å². The van der Waals surface area contributed by atoms with Gasteiger partial charge < -0.3 is 10.1 Å². The predicted molar refractivity (Wildman–Crippen MR) is 113 cm³/mol. The number of fused-ring (bicyclic) bond motifs is 3. The van der Waals surface area contributed by atoms with Crippen molar-refractivity contribution in [3.05, 3.63) is 59.7 Å². The van der Waals surface area contributed by atoms with Gasteiger partial charge in [0.15, 0.2) is 10.8 Å². The molecule has 2 heterocycles. The smallest absolute Gasteiger partial charge is 0.416 e. The lowest BCUT2D eigenvalue weighted by Gasteiger charge is -2.10. The summed E-state index contributed by atoms with van der Waals surface area (Å²) in [5.41, 5.74) is 1.74. The second kappa shape index (κ2) is 8.10. The van der Waals surface area contributed by atoms with Crippen molar-refractivity contribution in [2.75, 3.05) is 18.2 Å². The van der Waals surface area contributed by atoms with E-state index in [1.165, 1.54) is 12.1 Å². The number of methoxy groups -OCH3 is 1. The van der Waals surface area contributed by atoms with Crippen molar-refractivity contribution in [1.82, 2.24) is 14.6 Å². The molecule has 160 valence electrons. The fourth-order valence-corrected chi connectivity index (χ4v) is 3.98. The van der Waals surface area contributed by atoms with E-state index in [1.54, 1.807) is 7.11 Å². The molecule has 0 saturated carbocycles. The molecule has 2 aromatic carbocycles. The number of ether oxygens (including phenoxy) is 1. The zero-order valence-corrected chi connectivity index (χ0v) is 17.3. The molecule has 0 aliphatic carbocycles.